The lowest BCUT2D eigenvalue weighted by atomic mass is 9.93. The Kier molecular flexibility index (Phi) is 7.07. The molecular weight excluding hydrogens is 326 g/mol. The van der Waals surface area contributed by atoms with E-state index >= 15 is 0 Å². The van der Waals surface area contributed by atoms with Crippen molar-refractivity contribution >= 4 is 15.7 Å². The molecule has 0 aromatic heterocycles. The molecule has 2 aliphatic rings. The minimum Gasteiger partial charge on any atom is -0.338 e. The minimum absolute atomic E-state index is 0.0892. The second-order valence-electron chi connectivity index (χ2n) is 7.55. The molecule has 2 rings (SSSR count). The number of piperidine rings is 1. The number of carbonyl (C=O) groups is 1. The molecule has 2 saturated heterocycles. The van der Waals surface area contributed by atoms with Crippen LogP contribution >= 0.6 is 0 Å². The topological polar surface area (TPSA) is 60.9 Å². The highest BCUT2D eigenvalue weighted by Crippen LogP contribution is 2.22. The fourth-order valence-corrected chi connectivity index (χ4v) is 5.55. The first-order chi connectivity index (χ1) is 11.3. The first-order valence-corrected chi connectivity index (χ1v) is 11.0. The molecule has 0 saturated carbocycles. The summed E-state index contributed by atoms with van der Waals surface area (Å²) in [6.45, 7) is 6.05. The van der Waals surface area contributed by atoms with E-state index in [9.17, 15) is 13.2 Å². The van der Waals surface area contributed by atoms with Crippen molar-refractivity contribution in [3.05, 3.63) is 0 Å². The third kappa shape index (κ3) is 5.70. The lowest BCUT2D eigenvalue weighted by molar-refractivity contribution is -0.134. The van der Waals surface area contributed by atoms with E-state index in [0.717, 1.165) is 38.4 Å². The summed E-state index contributed by atoms with van der Waals surface area (Å²) >= 11 is 0. The Bertz CT molecular complexity index is 513. The Morgan fingerprint density at radius 1 is 1.17 bits per heavy atom. The van der Waals surface area contributed by atoms with Gasteiger partial charge in [-0.1, -0.05) is 0 Å². The van der Waals surface area contributed by atoms with Gasteiger partial charge >= 0.3 is 0 Å². The Hall–Kier alpha value is -0.660. The summed E-state index contributed by atoms with van der Waals surface area (Å²) in [6.07, 6.45) is 4.14. The summed E-state index contributed by atoms with van der Waals surface area (Å²) in [5.41, 5.74) is 0. The highest BCUT2D eigenvalue weighted by molar-refractivity contribution is 7.91. The molecule has 0 spiro atoms. The normalized spacial score (nSPS) is 25.2. The van der Waals surface area contributed by atoms with E-state index in [0.29, 0.717) is 19.5 Å². The molecule has 0 aromatic carbocycles. The average molecular weight is 360 g/mol. The number of carbonyl (C=O) groups excluding carboxylic acids is 1. The standard InChI is InChI=1S/C17H33N3O3S/c1-4-20(16-8-12-24(22,23)14-16)17(21)13-19-10-6-15(7-11-19)5-9-18(2)3/h15-16H,4-14H2,1-3H3. The lowest BCUT2D eigenvalue weighted by Crippen LogP contribution is -2.47. The van der Waals surface area contributed by atoms with Gasteiger partial charge in [-0.15, -0.1) is 0 Å². The molecule has 6 nitrogen and oxygen atoms in total. The van der Waals surface area contributed by atoms with Gasteiger partial charge in [-0.3, -0.25) is 9.69 Å². The number of likely N-dealkylation sites (tertiary alicyclic amines) is 1. The van der Waals surface area contributed by atoms with Gasteiger partial charge in [-0.2, -0.15) is 0 Å². The molecule has 140 valence electrons. The maximum Gasteiger partial charge on any atom is 0.237 e. The second kappa shape index (κ2) is 8.63. The van der Waals surface area contributed by atoms with E-state index in [1.807, 2.05) is 6.92 Å². The highest BCUT2D eigenvalue weighted by Gasteiger charge is 2.34. The molecule has 1 unspecified atom stereocenters. The molecule has 2 fully saturated rings. The van der Waals surface area contributed by atoms with Crippen molar-refractivity contribution in [2.45, 2.75) is 38.6 Å². The molecule has 0 aliphatic carbocycles. The van der Waals surface area contributed by atoms with Crippen molar-refractivity contribution in [1.82, 2.24) is 14.7 Å². The van der Waals surface area contributed by atoms with Crippen LogP contribution in [0, 0.1) is 5.92 Å². The number of likely N-dealkylation sites (N-methyl/N-ethyl adjacent to an activating group) is 1. The van der Waals surface area contributed by atoms with Gasteiger partial charge < -0.3 is 9.80 Å². The third-order valence-electron chi connectivity index (χ3n) is 5.36. The Balaban J connectivity index is 1.78. The van der Waals surface area contributed by atoms with Crippen molar-refractivity contribution in [3.63, 3.8) is 0 Å². The summed E-state index contributed by atoms with van der Waals surface area (Å²) in [7, 11) is 1.27. The lowest BCUT2D eigenvalue weighted by Gasteiger charge is -2.34. The number of sulfone groups is 1. The summed E-state index contributed by atoms with van der Waals surface area (Å²) < 4.78 is 23.3. The van der Waals surface area contributed by atoms with Crippen LogP contribution < -0.4 is 0 Å². The number of hydrogen-bond donors (Lipinski definition) is 0. The average Bonchev–Trinajstić information content (AvgIpc) is 2.87. The predicted molar refractivity (Wildman–Crippen MR) is 96.8 cm³/mol. The van der Waals surface area contributed by atoms with Crippen molar-refractivity contribution in [3.8, 4) is 0 Å². The van der Waals surface area contributed by atoms with E-state index < -0.39 is 9.84 Å². The molecule has 0 aromatic rings. The van der Waals surface area contributed by atoms with E-state index in [2.05, 4.69) is 23.9 Å². The van der Waals surface area contributed by atoms with E-state index in [-0.39, 0.29) is 23.5 Å². The zero-order valence-corrected chi connectivity index (χ0v) is 16.2. The van der Waals surface area contributed by atoms with Gasteiger partial charge in [0.1, 0.15) is 0 Å². The maximum atomic E-state index is 12.6. The first kappa shape index (κ1) is 19.7. The predicted octanol–water partition coefficient (Wildman–Crippen LogP) is 0.686. The smallest absolute Gasteiger partial charge is 0.237 e. The van der Waals surface area contributed by atoms with Gasteiger partial charge in [0.25, 0.3) is 0 Å². The van der Waals surface area contributed by atoms with Crippen molar-refractivity contribution < 1.29 is 13.2 Å². The quantitative estimate of drug-likeness (QED) is 0.669. The van der Waals surface area contributed by atoms with Crippen LogP contribution in [0.25, 0.3) is 0 Å². The zero-order valence-electron chi connectivity index (χ0n) is 15.4. The van der Waals surface area contributed by atoms with Gasteiger partial charge in [-0.25, -0.2) is 8.42 Å². The molecule has 0 N–H and O–H groups in total. The van der Waals surface area contributed by atoms with Gasteiger partial charge in [0.2, 0.25) is 5.91 Å². The summed E-state index contributed by atoms with van der Waals surface area (Å²) in [4.78, 5) is 18.9. The molecule has 7 heteroatoms. The summed E-state index contributed by atoms with van der Waals surface area (Å²) in [5.74, 6) is 1.21. The monoisotopic (exact) mass is 359 g/mol. The number of nitrogens with zero attached hydrogens (tertiary/aromatic N) is 3. The first-order valence-electron chi connectivity index (χ1n) is 9.17. The number of rotatable bonds is 7. The minimum atomic E-state index is -2.95. The van der Waals surface area contributed by atoms with Crippen LogP contribution in [0.1, 0.15) is 32.6 Å². The fraction of sp³-hybridized carbons (Fsp3) is 0.941. The van der Waals surface area contributed by atoms with Gasteiger partial charge in [0.15, 0.2) is 9.84 Å². The highest BCUT2D eigenvalue weighted by atomic mass is 32.2. The molecule has 24 heavy (non-hydrogen) atoms. The Morgan fingerprint density at radius 2 is 1.83 bits per heavy atom. The molecule has 2 heterocycles. The Morgan fingerprint density at radius 3 is 2.33 bits per heavy atom. The summed E-state index contributed by atoms with van der Waals surface area (Å²) in [6, 6.07) is -0.120. The van der Waals surface area contributed by atoms with Gasteiger partial charge in [0.05, 0.1) is 18.1 Å². The molecular formula is C17H33N3O3S. The molecule has 1 amide bonds. The third-order valence-corrected chi connectivity index (χ3v) is 7.11. The zero-order chi connectivity index (χ0) is 17.7. The van der Waals surface area contributed by atoms with Crippen molar-refractivity contribution in [2.24, 2.45) is 5.92 Å². The SMILES string of the molecule is CCN(C(=O)CN1CCC(CCN(C)C)CC1)C1CCS(=O)(=O)C1. The van der Waals surface area contributed by atoms with Crippen LogP contribution in [-0.2, 0) is 14.6 Å². The maximum absolute atomic E-state index is 12.6. The van der Waals surface area contributed by atoms with Crippen LogP contribution in [0.4, 0.5) is 0 Å². The molecule has 1 atom stereocenters. The fourth-order valence-electron chi connectivity index (χ4n) is 3.82. The second-order valence-corrected chi connectivity index (χ2v) is 9.78. The van der Waals surface area contributed by atoms with Crippen LogP contribution in [0.3, 0.4) is 0 Å². The van der Waals surface area contributed by atoms with Crippen LogP contribution in [0.5, 0.6) is 0 Å². The molecule has 0 bridgehead atoms. The van der Waals surface area contributed by atoms with E-state index in [4.69, 9.17) is 0 Å². The van der Waals surface area contributed by atoms with Crippen LogP contribution in [-0.4, -0.2) is 93.4 Å². The van der Waals surface area contributed by atoms with E-state index in [1.165, 1.54) is 6.42 Å². The molecule has 2 aliphatic heterocycles. The number of hydrogen-bond acceptors (Lipinski definition) is 5. The summed E-state index contributed by atoms with van der Waals surface area (Å²) in [5, 5.41) is 0. The van der Waals surface area contributed by atoms with Crippen LogP contribution in [0.15, 0.2) is 0 Å². The number of amides is 1. The Labute approximate surface area is 147 Å². The van der Waals surface area contributed by atoms with Gasteiger partial charge in [0, 0.05) is 12.6 Å². The van der Waals surface area contributed by atoms with Gasteiger partial charge in [-0.05, 0) is 72.3 Å². The van der Waals surface area contributed by atoms with Crippen molar-refractivity contribution in [2.75, 3.05) is 58.3 Å². The van der Waals surface area contributed by atoms with Crippen LogP contribution in [0.2, 0.25) is 0 Å². The van der Waals surface area contributed by atoms with Crippen molar-refractivity contribution in [1.29, 1.82) is 0 Å². The van der Waals surface area contributed by atoms with E-state index in [1.54, 1.807) is 4.90 Å². The largest absolute Gasteiger partial charge is 0.338 e. The molecule has 0 radical (unpaired) electrons.